The molecule has 1 aliphatic carbocycles. The number of amides is 1. The molecule has 0 atom stereocenters. The standard InChI is InChI=1S/C13H16N4OS/c1-16-7-11(14)12(15-16)13(18)17(10-2-3-10)6-9-4-5-19-8-9/h4-5,7-8,10H,2-3,6,14H2,1H3. The molecule has 1 fully saturated rings. The number of thiophene rings is 1. The van der Waals surface area contributed by atoms with Crippen LogP contribution in [-0.2, 0) is 13.6 Å². The lowest BCUT2D eigenvalue weighted by atomic mass is 10.2. The molecule has 2 aromatic rings. The summed E-state index contributed by atoms with van der Waals surface area (Å²) < 4.78 is 1.58. The maximum absolute atomic E-state index is 12.6. The van der Waals surface area contributed by atoms with E-state index < -0.39 is 0 Å². The van der Waals surface area contributed by atoms with Crippen LogP contribution in [0.4, 0.5) is 5.69 Å². The summed E-state index contributed by atoms with van der Waals surface area (Å²) in [6, 6.07) is 2.39. The Balaban J connectivity index is 1.84. The second kappa shape index (κ2) is 4.70. The Bertz CT molecular complexity index is 586. The monoisotopic (exact) mass is 276 g/mol. The second-order valence-electron chi connectivity index (χ2n) is 4.90. The predicted octanol–water partition coefficient (Wildman–Crippen LogP) is 1.87. The predicted molar refractivity (Wildman–Crippen MR) is 74.8 cm³/mol. The Morgan fingerprint density at radius 3 is 2.95 bits per heavy atom. The lowest BCUT2D eigenvalue weighted by Gasteiger charge is -2.21. The molecule has 6 heteroatoms. The SMILES string of the molecule is Cn1cc(N)c(C(=O)N(Cc2ccsc2)C2CC2)n1. The van der Waals surface area contributed by atoms with Crippen LogP contribution in [0.5, 0.6) is 0 Å². The number of nitrogens with zero attached hydrogens (tertiary/aromatic N) is 3. The van der Waals surface area contributed by atoms with Crippen LogP contribution in [-0.4, -0.2) is 26.6 Å². The van der Waals surface area contributed by atoms with Gasteiger partial charge in [-0.05, 0) is 35.2 Å². The van der Waals surface area contributed by atoms with Crippen molar-refractivity contribution in [3.63, 3.8) is 0 Å². The van der Waals surface area contributed by atoms with Gasteiger partial charge in [0.15, 0.2) is 5.69 Å². The molecule has 0 radical (unpaired) electrons. The van der Waals surface area contributed by atoms with E-state index in [1.54, 1.807) is 29.3 Å². The Hall–Kier alpha value is -1.82. The van der Waals surface area contributed by atoms with E-state index in [1.807, 2.05) is 10.3 Å². The van der Waals surface area contributed by atoms with Gasteiger partial charge in [-0.15, -0.1) is 0 Å². The fourth-order valence-electron chi connectivity index (χ4n) is 2.14. The van der Waals surface area contributed by atoms with Crippen LogP contribution in [0.25, 0.3) is 0 Å². The highest BCUT2D eigenvalue weighted by Crippen LogP contribution is 2.30. The Kier molecular flexibility index (Phi) is 3.02. The van der Waals surface area contributed by atoms with Crippen LogP contribution in [0.3, 0.4) is 0 Å². The van der Waals surface area contributed by atoms with Crippen molar-refractivity contribution in [1.82, 2.24) is 14.7 Å². The molecule has 0 aromatic carbocycles. The molecule has 19 heavy (non-hydrogen) atoms. The molecule has 0 unspecified atom stereocenters. The number of anilines is 1. The maximum Gasteiger partial charge on any atom is 0.277 e. The summed E-state index contributed by atoms with van der Waals surface area (Å²) in [6.45, 7) is 0.642. The maximum atomic E-state index is 12.6. The van der Waals surface area contributed by atoms with Gasteiger partial charge in [-0.2, -0.15) is 16.4 Å². The van der Waals surface area contributed by atoms with E-state index in [0.29, 0.717) is 24.0 Å². The molecule has 3 rings (SSSR count). The van der Waals surface area contributed by atoms with Gasteiger partial charge in [-0.25, -0.2) is 0 Å². The average molecular weight is 276 g/mol. The number of nitrogens with two attached hydrogens (primary N) is 1. The number of hydrogen-bond acceptors (Lipinski definition) is 4. The third kappa shape index (κ3) is 2.49. The smallest absolute Gasteiger partial charge is 0.277 e. The topological polar surface area (TPSA) is 64.2 Å². The van der Waals surface area contributed by atoms with E-state index in [1.165, 1.54) is 5.56 Å². The van der Waals surface area contributed by atoms with Crippen LogP contribution in [0.15, 0.2) is 23.0 Å². The molecular formula is C13H16N4OS. The number of carbonyl (C=O) groups excluding carboxylic acids is 1. The van der Waals surface area contributed by atoms with Crippen LogP contribution in [0.2, 0.25) is 0 Å². The minimum atomic E-state index is -0.0631. The third-order valence-electron chi connectivity index (χ3n) is 3.24. The highest BCUT2D eigenvalue weighted by molar-refractivity contribution is 7.07. The molecule has 100 valence electrons. The minimum absolute atomic E-state index is 0.0631. The second-order valence-corrected chi connectivity index (χ2v) is 5.68. The summed E-state index contributed by atoms with van der Waals surface area (Å²) in [5.74, 6) is -0.0631. The molecule has 1 aliphatic rings. The zero-order valence-electron chi connectivity index (χ0n) is 10.7. The Morgan fingerprint density at radius 2 is 2.42 bits per heavy atom. The molecule has 2 aromatic heterocycles. The van der Waals surface area contributed by atoms with Crippen LogP contribution < -0.4 is 5.73 Å². The van der Waals surface area contributed by atoms with Crippen LogP contribution in [0, 0.1) is 0 Å². The quantitative estimate of drug-likeness (QED) is 0.927. The Labute approximate surface area is 115 Å². The fraction of sp³-hybridized carbons (Fsp3) is 0.385. The molecule has 0 spiro atoms. The normalized spacial score (nSPS) is 14.6. The van der Waals surface area contributed by atoms with Crippen molar-refractivity contribution >= 4 is 22.9 Å². The summed E-state index contributed by atoms with van der Waals surface area (Å²) in [5, 5.41) is 8.28. The molecule has 0 aliphatic heterocycles. The number of aromatic nitrogens is 2. The van der Waals surface area contributed by atoms with Gasteiger partial charge in [-0.1, -0.05) is 0 Å². The van der Waals surface area contributed by atoms with Crippen molar-refractivity contribution in [2.45, 2.75) is 25.4 Å². The van der Waals surface area contributed by atoms with E-state index in [0.717, 1.165) is 12.8 Å². The summed E-state index contributed by atoms with van der Waals surface area (Å²) in [4.78, 5) is 14.4. The van der Waals surface area contributed by atoms with Gasteiger partial charge in [0.2, 0.25) is 0 Å². The first-order chi connectivity index (χ1) is 9.15. The van der Waals surface area contributed by atoms with Gasteiger partial charge >= 0.3 is 0 Å². The van der Waals surface area contributed by atoms with Crippen LogP contribution in [0.1, 0.15) is 28.9 Å². The minimum Gasteiger partial charge on any atom is -0.396 e. The van der Waals surface area contributed by atoms with Gasteiger partial charge in [0.05, 0.1) is 5.69 Å². The average Bonchev–Trinajstić information content (AvgIpc) is 2.97. The number of aryl methyl sites for hydroxylation is 1. The van der Waals surface area contributed by atoms with Crippen molar-refractivity contribution in [2.24, 2.45) is 7.05 Å². The molecule has 0 saturated heterocycles. The molecule has 1 amide bonds. The zero-order chi connectivity index (χ0) is 13.4. The lowest BCUT2D eigenvalue weighted by molar-refractivity contribution is 0.0724. The highest BCUT2D eigenvalue weighted by Gasteiger charge is 2.34. The van der Waals surface area contributed by atoms with E-state index >= 15 is 0 Å². The molecule has 2 N–H and O–H groups in total. The van der Waals surface area contributed by atoms with Crippen molar-refractivity contribution < 1.29 is 4.79 Å². The van der Waals surface area contributed by atoms with E-state index in [4.69, 9.17) is 5.73 Å². The lowest BCUT2D eigenvalue weighted by Crippen LogP contribution is -2.33. The fourth-order valence-corrected chi connectivity index (χ4v) is 2.80. The molecular weight excluding hydrogens is 260 g/mol. The first kappa shape index (κ1) is 12.2. The van der Waals surface area contributed by atoms with Crippen molar-refractivity contribution in [3.05, 3.63) is 34.3 Å². The summed E-state index contributed by atoms with van der Waals surface area (Å²) >= 11 is 1.65. The third-order valence-corrected chi connectivity index (χ3v) is 3.97. The van der Waals surface area contributed by atoms with Crippen molar-refractivity contribution in [2.75, 3.05) is 5.73 Å². The van der Waals surface area contributed by atoms with Gasteiger partial charge in [0, 0.05) is 25.8 Å². The number of nitrogen functional groups attached to an aromatic ring is 1. The van der Waals surface area contributed by atoms with Crippen molar-refractivity contribution in [1.29, 1.82) is 0 Å². The Morgan fingerprint density at radius 1 is 1.63 bits per heavy atom. The first-order valence-corrected chi connectivity index (χ1v) is 7.20. The first-order valence-electron chi connectivity index (χ1n) is 6.26. The van der Waals surface area contributed by atoms with Gasteiger partial charge in [-0.3, -0.25) is 9.48 Å². The largest absolute Gasteiger partial charge is 0.396 e. The van der Waals surface area contributed by atoms with Gasteiger partial charge in [0.25, 0.3) is 5.91 Å². The summed E-state index contributed by atoms with van der Waals surface area (Å²) in [6.07, 6.45) is 3.81. The highest BCUT2D eigenvalue weighted by atomic mass is 32.1. The summed E-state index contributed by atoms with van der Waals surface area (Å²) in [7, 11) is 1.77. The van der Waals surface area contributed by atoms with Gasteiger partial charge < -0.3 is 10.6 Å². The molecule has 1 saturated carbocycles. The van der Waals surface area contributed by atoms with Crippen molar-refractivity contribution in [3.8, 4) is 0 Å². The summed E-state index contributed by atoms with van der Waals surface area (Å²) in [5.41, 5.74) is 7.82. The number of carbonyl (C=O) groups is 1. The number of hydrogen-bond donors (Lipinski definition) is 1. The molecule has 2 heterocycles. The zero-order valence-corrected chi connectivity index (χ0v) is 11.6. The molecule has 0 bridgehead atoms. The van der Waals surface area contributed by atoms with E-state index in [-0.39, 0.29) is 5.91 Å². The number of rotatable bonds is 4. The van der Waals surface area contributed by atoms with E-state index in [2.05, 4.69) is 16.5 Å². The van der Waals surface area contributed by atoms with E-state index in [9.17, 15) is 4.79 Å². The van der Waals surface area contributed by atoms with Gasteiger partial charge in [0.1, 0.15) is 0 Å². The van der Waals surface area contributed by atoms with Crippen LogP contribution >= 0.6 is 11.3 Å². The molecule has 5 nitrogen and oxygen atoms in total.